The molecule has 1 fully saturated rings. The van der Waals surface area contributed by atoms with Gasteiger partial charge in [0, 0.05) is 36.9 Å². The molecule has 26 heavy (non-hydrogen) atoms. The van der Waals surface area contributed by atoms with Gasteiger partial charge in [0.25, 0.3) is 0 Å². The zero-order chi connectivity index (χ0) is 17.9. The number of benzene rings is 1. The van der Waals surface area contributed by atoms with E-state index in [1.54, 1.807) is 11.1 Å². The monoisotopic (exact) mass is 350 g/mol. The van der Waals surface area contributed by atoms with Crippen LogP contribution in [-0.4, -0.2) is 39.9 Å². The van der Waals surface area contributed by atoms with Crippen LogP contribution in [0.4, 0.5) is 0 Å². The molecule has 4 nitrogen and oxygen atoms in total. The minimum atomic E-state index is 0.578. The summed E-state index contributed by atoms with van der Waals surface area (Å²) in [6.45, 7) is 9.99. The third kappa shape index (κ3) is 3.76. The maximum Gasteiger partial charge on any atom is 0.0638 e. The van der Waals surface area contributed by atoms with Gasteiger partial charge in [0.1, 0.15) is 0 Å². The first-order chi connectivity index (χ1) is 12.7. The highest BCUT2D eigenvalue weighted by atomic mass is 15.3. The van der Waals surface area contributed by atoms with E-state index in [1.165, 1.54) is 44.3 Å². The second-order valence-electron chi connectivity index (χ2n) is 7.80. The Morgan fingerprint density at radius 3 is 2.77 bits per heavy atom. The Kier molecular flexibility index (Phi) is 5.23. The van der Waals surface area contributed by atoms with Crippen LogP contribution < -0.4 is 5.32 Å². The lowest BCUT2D eigenvalue weighted by molar-refractivity contribution is 0.140. The average molecular weight is 351 g/mol. The lowest BCUT2D eigenvalue weighted by Gasteiger charge is -2.37. The highest BCUT2D eigenvalue weighted by Crippen LogP contribution is 2.27. The molecular weight excluding hydrogens is 320 g/mol. The van der Waals surface area contributed by atoms with Crippen LogP contribution in [0.3, 0.4) is 0 Å². The molecule has 0 amide bonds. The lowest BCUT2D eigenvalue weighted by Crippen LogP contribution is -2.49. The molecule has 1 aromatic heterocycles. The summed E-state index contributed by atoms with van der Waals surface area (Å²) in [5.74, 6) is 0. The number of aryl methyl sites for hydroxylation is 1. The highest BCUT2D eigenvalue weighted by molar-refractivity contribution is 5.33. The average Bonchev–Trinajstić information content (AvgIpc) is 3.24. The highest BCUT2D eigenvalue weighted by Gasteiger charge is 2.30. The summed E-state index contributed by atoms with van der Waals surface area (Å²) in [6.07, 6.45) is 9.04. The zero-order valence-electron chi connectivity index (χ0n) is 15.8. The molecule has 1 aromatic carbocycles. The van der Waals surface area contributed by atoms with E-state index in [0.717, 1.165) is 18.8 Å². The second kappa shape index (κ2) is 7.77. The molecule has 0 bridgehead atoms. The number of nitrogens with zero attached hydrogens (tertiary/aromatic N) is 3. The molecule has 4 heteroatoms. The molecule has 0 radical (unpaired) electrons. The van der Waals surface area contributed by atoms with Crippen LogP contribution in [0.5, 0.6) is 0 Å². The van der Waals surface area contributed by atoms with E-state index >= 15 is 0 Å². The smallest absolute Gasteiger partial charge is 0.0638 e. The summed E-state index contributed by atoms with van der Waals surface area (Å²) in [6, 6.07) is 10.2. The number of fused-ring (bicyclic) bond motifs is 1. The van der Waals surface area contributed by atoms with Gasteiger partial charge >= 0.3 is 0 Å². The molecule has 2 aromatic rings. The summed E-state index contributed by atoms with van der Waals surface area (Å²) < 4.78 is 1.97. The van der Waals surface area contributed by atoms with Crippen LogP contribution in [0.1, 0.15) is 35.2 Å². The fourth-order valence-electron chi connectivity index (χ4n) is 4.51. The first-order valence-electron chi connectivity index (χ1n) is 9.91. The predicted octanol–water partition coefficient (Wildman–Crippen LogP) is 3.10. The maximum atomic E-state index is 4.56. The number of aromatic nitrogens is 2. The summed E-state index contributed by atoms with van der Waals surface area (Å²) in [7, 11) is 0. The van der Waals surface area contributed by atoms with Crippen LogP contribution in [0.25, 0.3) is 0 Å². The van der Waals surface area contributed by atoms with Gasteiger partial charge in [-0.05, 0) is 50.3 Å². The fraction of sp³-hybridized carbons (Fsp3) is 0.500. The molecule has 1 unspecified atom stereocenters. The number of piperidine rings is 1. The summed E-state index contributed by atoms with van der Waals surface area (Å²) in [4.78, 5) is 2.72. The minimum absolute atomic E-state index is 0.578. The molecule has 2 heterocycles. The number of nitrogens with one attached hydrogen (secondary N) is 1. The van der Waals surface area contributed by atoms with Crippen LogP contribution in [-0.2, 0) is 25.9 Å². The van der Waals surface area contributed by atoms with Crippen molar-refractivity contribution < 1.29 is 0 Å². The Hall–Kier alpha value is -1.91. The van der Waals surface area contributed by atoms with Crippen LogP contribution >= 0.6 is 0 Å². The fourth-order valence-corrected chi connectivity index (χ4v) is 4.51. The van der Waals surface area contributed by atoms with Crippen LogP contribution in [0.2, 0.25) is 0 Å². The van der Waals surface area contributed by atoms with Gasteiger partial charge in [-0.2, -0.15) is 5.10 Å². The number of hydrogen-bond acceptors (Lipinski definition) is 3. The topological polar surface area (TPSA) is 33.1 Å². The first-order valence-corrected chi connectivity index (χ1v) is 9.91. The van der Waals surface area contributed by atoms with Crippen molar-refractivity contribution in [1.82, 2.24) is 20.0 Å². The van der Waals surface area contributed by atoms with Crippen molar-refractivity contribution in [1.29, 1.82) is 0 Å². The van der Waals surface area contributed by atoms with E-state index < -0.39 is 0 Å². The van der Waals surface area contributed by atoms with Crippen molar-refractivity contribution in [2.24, 2.45) is 0 Å². The Morgan fingerprint density at radius 1 is 1.27 bits per heavy atom. The lowest BCUT2D eigenvalue weighted by atomic mass is 10.0. The summed E-state index contributed by atoms with van der Waals surface area (Å²) >= 11 is 0. The molecule has 1 atom stereocenters. The second-order valence-corrected chi connectivity index (χ2v) is 7.80. The predicted molar refractivity (Wildman–Crippen MR) is 106 cm³/mol. The zero-order valence-corrected chi connectivity index (χ0v) is 15.8. The van der Waals surface area contributed by atoms with E-state index in [0.29, 0.717) is 12.1 Å². The largest absolute Gasteiger partial charge is 0.309 e. The third-order valence-corrected chi connectivity index (χ3v) is 5.94. The van der Waals surface area contributed by atoms with Gasteiger partial charge in [-0.1, -0.05) is 30.3 Å². The molecule has 1 N–H and O–H groups in total. The van der Waals surface area contributed by atoms with Crippen LogP contribution in [0, 0.1) is 6.92 Å². The van der Waals surface area contributed by atoms with E-state index in [9.17, 15) is 0 Å². The SMILES string of the molecule is C=CCn1cc(CNC2CCCN(C3Cc4ccccc4C3)C2)c(C)n1. The Morgan fingerprint density at radius 2 is 2.04 bits per heavy atom. The van der Waals surface area contributed by atoms with Crippen molar-refractivity contribution in [2.75, 3.05) is 13.1 Å². The summed E-state index contributed by atoms with van der Waals surface area (Å²) in [5, 5.41) is 8.35. The van der Waals surface area contributed by atoms with E-state index in [1.807, 2.05) is 10.8 Å². The Balaban J connectivity index is 1.32. The van der Waals surface area contributed by atoms with Crippen molar-refractivity contribution in [2.45, 2.75) is 57.8 Å². The maximum absolute atomic E-state index is 4.56. The molecule has 2 aliphatic rings. The van der Waals surface area contributed by atoms with Crippen molar-refractivity contribution in [3.05, 3.63) is 65.5 Å². The molecule has 0 spiro atoms. The van der Waals surface area contributed by atoms with Gasteiger partial charge in [-0.15, -0.1) is 6.58 Å². The Labute approximate surface area is 156 Å². The minimum Gasteiger partial charge on any atom is -0.309 e. The standard InChI is InChI=1S/C22H30N4/c1-3-10-26-15-20(17(2)24-26)14-23-21-9-6-11-25(16-21)22-12-18-7-4-5-8-19(18)13-22/h3-5,7-8,15,21-23H,1,6,9-14,16H2,2H3. The molecule has 4 rings (SSSR count). The van der Waals surface area contributed by atoms with Gasteiger partial charge in [-0.3, -0.25) is 9.58 Å². The number of allylic oxidation sites excluding steroid dienone is 1. The van der Waals surface area contributed by atoms with Gasteiger partial charge in [-0.25, -0.2) is 0 Å². The van der Waals surface area contributed by atoms with Crippen molar-refractivity contribution in [3.63, 3.8) is 0 Å². The summed E-state index contributed by atoms with van der Waals surface area (Å²) in [5.41, 5.74) is 5.53. The van der Waals surface area contributed by atoms with Gasteiger partial charge in [0.15, 0.2) is 0 Å². The van der Waals surface area contributed by atoms with Gasteiger partial charge in [0.05, 0.1) is 12.2 Å². The molecule has 1 saturated heterocycles. The van der Waals surface area contributed by atoms with Crippen LogP contribution in [0.15, 0.2) is 43.1 Å². The number of rotatable bonds is 6. The molecule has 138 valence electrons. The quantitative estimate of drug-likeness (QED) is 0.813. The van der Waals surface area contributed by atoms with Gasteiger partial charge < -0.3 is 5.32 Å². The molecule has 1 aliphatic carbocycles. The molecule has 1 aliphatic heterocycles. The third-order valence-electron chi connectivity index (χ3n) is 5.94. The first kappa shape index (κ1) is 17.5. The normalized spacial score (nSPS) is 21.0. The van der Waals surface area contributed by atoms with Crippen molar-refractivity contribution >= 4 is 0 Å². The molecular formula is C22H30N4. The van der Waals surface area contributed by atoms with E-state index in [2.05, 4.69) is 59.3 Å². The molecule has 0 saturated carbocycles. The number of hydrogen-bond donors (Lipinski definition) is 1. The number of likely N-dealkylation sites (tertiary alicyclic amines) is 1. The van der Waals surface area contributed by atoms with E-state index in [-0.39, 0.29) is 0 Å². The van der Waals surface area contributed by atoms with E-state index in [4.69, 9.17) is 0 Å². The van der Waals surface area contributed by atoms with Crippen molar-refractivity contribution in [3.8, 4) is 0 Å². The Bertz CT molecular complexity index is 738. The van der Waals surface area contributed by atoms with Gasteiger partial charge in [0.2, 0.25) is 0 Å².